The fourth-order valence-corrected chi connectivity index (χ4v) is 2.34. The fraction of sp³-hybridized carbons (Fsp3) is 0.294. The van der Waals surface area contributed by atoms with Crippen LogP contribution in [0.4, 0.5) is 8.78 Å². The van der Waals surface area contributed by atoms with Crippen LogP contribution >= 0.6 is 0 Å². The molecule has 20 heavy (non-hydrogen) atoms. The third-order valence-electron chi connectivity index (χ3n) is 3.69. The van der Waals surface area contributed by atoms with Crippen molar-refractivity contribution in [2.45, 2.75) is 32.4 Å². The van der Waals surface area contributed by atoms with E-state index in [1.54, 1.807) is 25.1 Å². The van der Waals surface area contributed by atoms with Gasteiger partial charge >= 0.3 is 0 Å². The van der Waals surface area contributed by atoms with E-state index in [0.29, 0.717) is 18.2 Å². The quantitative estimate of drug-likeness (QED) is 0.880. The Bertz CT molecular complexity index is 633. The van der Waals surface area contributed by atoms with Crippen molar-refractivity contribution in [2.24, 2.45) is 0 Å². The van der Waals surface area contributed by atoms with Crippen LogP contribution in [0, 0.1) is 18.6 Å². The van der Waals surface area contributed by atoms with E-state index < -0.39 is 0 Å². The van der Waals surface area contributed by atoms with Crippen LogP contribution in [0.5, 0.6) is 0 Å². The molecule has 0 spiro atoms. The van der Waals surface area contributed by atoms with Gasteiger partial charge in [-0.3, -0.25) is 0 Å². The van der Waals surface area contributed by atoms with Crippen LogP contribution in [0.3, 0.4) is 0 Å². The van der Waals surface area contributed by atoms with Crippen molar-refractivity contribution in [3.63, 3.8) is 0 Å². The molecule has 0 amide bonds. The smallest absolute Gasteiger partial charge is 0.126 e. The maximum atomic E-state index is 13.5. The summed E-state index contributed by atoms with van der Waals surface area (Å²) < 4.78 is 26.8. The first-order chi connectivity index (χ1) is 9.63. The second-order valence-electron chi connectivity index (χ2n) is 5.42. The lowest BCUT2D eigenvalue weighted by Crippen LogP contribution is -2.16. The monoisotopic (exact) mass is 273 g/mol. The average Bonchev–Trinajstić information content (AvgIpc) is 3.24. The van der Waals surface area contributed by atoms with Crippen LogP contribution in [0.25, 0.3) is 11.1 Å². The zero-order valence-electron chi connectivity index (χ0n) is 11.4. The van der Waals surface area contributed by atoms with Crippen molar-refractivity contribution in [1.29, 1.82) is 0 Å². The van der Waals surface area contributed by atoms with E-state index in [0.717, 1.165) is 16.7 Å². The van der Waals surface area contributed by atoms with Crippen LogP contribution < -0.4 is 5.32 Å². The summed E-state index contributed by atoms with van der Waals surface area (Å²) in [5, 5.41) is 3.40. The summed E-state index contributed by atoms with van der Waals surface area (Å²) in [6.45, 7) is 2.39. The van der Waals surface area contributed by atoms with Gasteiger partial charge in [-0.25, -0.2) is 8.78 Å². The molecule has 3 rings (SSSR count). The summed E-state index contributed by atoms with van der Waals surface area (Å²) in [4.78, 5) is 0. The van der Waals surface area contributed by atoms with E-state index in [2.05, 4.69) is 5.32 Å². The Labute approximate surface area is 117 Å². The topological polar surface area (TPSA) is 12.0 Å². The molecule has 0 aliphatic heterocycles. The first-order valence-corrected chi connectivity index (χ1v) is 6.92. The van der Waals surface area contributed by atoms with Crippen molar-refractivity contribution < 1.29 is 8.78 Å². The molecule has 1 nitrogen and oxygen atoms in total. The predicted molar refractivity (Wildman–Crippen MR) is 76.4 cm³/mol. The van der Waals surface area contributed by atoms with Crippen molar-refractivity contribution in [2.75, 3.05) is 0 Å². The molecule has 3 heteroatoms. The van der Waals surface area contributed by atoms with Crippen molar-refractivity contribution in [1.82, 2.24) is 5.32 Å². The molecular weight excluding hydrogens is 256 g/mol. The summed E-state index contributed by atoms with van der Waals surface area (Å²) in [7, 11) is 0. The van der Waals surface area contributed by atoms with Gasteiger partial charge in [-0.05, 0) is 66.3 Å². The molecule has 0 heterocycles. The van der Waals surface area contributed by atoms with Crippen LogP contribution in [0.2, 0.25) is 0 Å². The highest BCUT2D eigenvalue weighted by Gasteiger charge is 2.20. The van der Waals surface area contributed by atoms with Gasteiger partial charge in [0.1, 0.15) is 11.6 Å². The zero-order chi connectivity index (χ0) is 14.1. The van der Waals surface area contributed by atoms with Gasteiger partial charge < -0.3 is 5.32 Å². The molecule has 2 aromatic carbocycles. The SMILES string of the molecule is Cc1cc(-c2ccc(F)cc2CNC2CC2)ccc1F. The van der Waals surface area contributed by atoms with Gasteiger partial charge in [0.15, 0.2) is 0 Å². The van der Waals surface area contributed by atoms with E-state index in [-0.39, 0.29) is 11.6 Å². The van der Waals surface area contributed by atoms with Gasteiger partial charge in [0.2, 0.25) is 0 Å². The highest BCUT2D eigenvalue weighted by molar-refractivity contribution is 5.68. The van der Waals surface area contributed by atoms with Gasteiger partial charge in [0.25, 0.3) is 0 Å². The number of halogens is 2. The molecule has 0 radical (unpaired) electrons. The van der Waals surface area contributed by atoms with Crippen LogP contribution in [0.15, 0.2) is 36.4 Å². The second-order valence-corrected chi connectivity index (χ2v) is 5.42. The third-order valence-corrected chi connectivity index (χ3v) is 3.69. The second kappa shape index (κ2) is 5.33. The Morgan fingerprint density at radius 2 is 1.90 bits per heavy atom. The minimum absolute atomic E-state index is 0.214. The maximum absolute atomic E-state index is 13.5. The molecule has 2 aromatic rings. The Balaban J connectivity index is 1.95. The van der Waals surface area contributed by atoms with E-state index in [4.69, 9.17) is 0 Å². The number of rotatable bonds is 4. The fourth-order valence-electron chi connectivity index (χ4n) is 2.34. The first kappa shape index (κ1) is 13.3. The minimum Gasteiger partial charge on any atom is -0.310 e. The number of benzene rings is 2. The van der Waals surface area contributed by atoms with Gasteiger partial charge in [-0.1, -0.05) is 12.1 Å². The van der Waals surface area contributed by atoms with Gasteiger partial charge in [0.05, 0.1) is 0 Å². The zero-order valence-corrected chi connectivity index (χ0v) is 11.4. The van der Waals surface area contributed by atoms with Crippen molar-refractivity contribution in [3.8, 4) is 11.1 Å². The lowest BCUT2D eigenvalue weighted by atomic mass is 9.98. The number of hydrogen-bond donors (Lipinski definition) is 1. The average molecular weight is 273 g/mol. The van der Waals surface area contributed by atoms with Crippen LogP contribution in [-0.2, 0) is 6.54 Å². The van der Waals surface area contributed by atoms with E-state index in [1.165, 1.54) is 25.0 Å². The van der Waals surface area contributed by atoms with E-state index in [1.807, 2.05) is 6.07 Å². The Kier molecular flexibility index (Phi) is 3.53. The Morgan fingerprint density at radius 1 is 1.10 bits per heavy atom. The number of aryl methyl sites for hydroxylation is 1. The molecule has 0 aromatic heterocycles. The van der Waals surface area contributed by atoms with Crippen molar-refractivity contribution in [3.05, 3.63) is 59.2 Å². The summed E-state index contributed by atoms with van der Waals surface area (Å²) in [5.41, 5.74) is 3.41. The Morgan fingerprint density at radius 3 is 2.60 bits per heavy atom. The number of nitrogens with one attached hydrogen (secondary N) is 1. The maximum Gasteiger partial charge on any atom is 0.126 e. The van der Waals surface area contributed by atoms with Gasteiger partial charge in [0, 0.05) is 12.6 Å². The molecule has 1 aliphatic rings. The van der Waals surface area contributed by atoms with Crippen LogP contribution in [0.1, 0.15) is 24.0 Å². The van der Waals surface area contributed by atoms with E-state index >= 15 is 0 Å². The summed E-state index contributed by atoms with van der Waals surface area (Å²) in [6.07, 6.45) is 2.39. The van der Waals surface area contributed by atoms with Crippen molar-refractivity contribution >= 4 is 0 Å². The molecule has 1 fully saturated rings. The molecule has 104 valence electrons. The summed E-state index contributed by atoms with van der Waals surface area (Å²) >= 11 is 0. The molecule has 0 saturated heterocycles. The third kappa shape index (κ3) is 2.88. The van der Waals surface area contributed by atoms with Crippen LogP contribution in [-0.4, -0.2) is 6.04 Å². The molecule has 0 unspecified atom stereocenters. The summed E-state index contributed by atoms with van der Waals surface area (Å²) in [5.74, 6) is -0.450. The molecular formula is C17H17F2N. The minimum atomic E-state index is -0.236. The Hall–Kier alpha value is -1.74. The lowest BCUT2D eigenvalue weighted by molar-refractivity contribution is 0.617. The lowest BCUT2D eigenvalue weighted by Gasteiger charge is -2.12. The molecule has 0 bridgehead atoms. The highest BCUT2D eigenvalue weighted by Crippen LogP contribution is 2.27. The highest BCUT2D eigenvalue weighted by atomic mass is 19.1. The van der Waals surface area contributed by atoms with E-state index in [9.17, 15) is 8.78 Å². The molecule has 1 aliphatic carbocycles. The molecule has 0 atom stereocenters. The first-order valence-electron chi connectivity index (χ1n) is 6.92. The van der Waals surface area contributed by atoms with Gasteiger partial charge in [-0.15, -0.1) is 0 Å². The number of hydrogen-bond acceptors (Lipinski definition) is 1. The molecule has 1 N–H and O–H groups in total. The molecule has 1 saturated carbocycles. The predicted octanol–water partition coefficient (Wildman–Crippen LogP) is 4.19. The summed E-state index contributed by atoms with van der Waals surface area (Å²) in [6, 6.07) is 10.4. The standard InChI is InChI=1S/C17H17F2N/c1-11-8-12(2-7-17(11)19)16-6-3-14(18)9-13(16)10-20-15-4-5-15/h2-3,6-9,15,20H,4-5,10H2,1H3. The largest absolute Gasteiger partial charge is 0.310 e. The normalized spacial score (nSPS) is 14.6. The van der Waals surface area contributed by atoms with Gasteiger partial charge in [-0.2, -0.15) is 0 Å².